The summed E-state index contributed by atoms with van der Waals surface area (Å²) in [5, 5.41) is 5.13. The summed E-state index contributed by atoms with van der Waals surface area (Å²) in [5.41, 5.74) is 8.85. The summed E-state index contributed by atoms with van der Waals surface area (Å²) >= 11 is 1.44. The van der Waals surface area contributed by atoms with E-state index in [0.717, 1.165) is 17.0 Å². The highest BCUT2D eigenvalue weighted by Crippen LogP contribution is 2.21. The number of rotatable bonds is 4. The molecule has 126 valence electrons. The van der Waals surface area contributed by atoms with Crippen molar-refractivity contribution in [2.24, 2.45) is 0 Å². The Labute approximate surface area is 143 Å². The predicted molar refractivity (Wildman–Crippen MR) is 93.1 cm³/mol. The Hall–Kier alpha value is -2.49. The maximum Gasteiger partial charge on any atom is 0.253 e. The zero-order valence-electron chi connectivity index (χ0n) is 14.3. The largest absolute Gasteiger partial charge is 0.368 e. The molecule has 0 bridgehead atoms. The molecular weight excluding hydrogens is 326 g/mol. The van der Waals surface area contributed by atoms with Crippen LogP contribution < -0.4 is 10.6 Å². The summed E-state index contributed by atoms with van der Waals surface area (Å²) < 4.78 is 1.76. The van der Waals surface area contributed by atoms with Gasteiger partial charge in [0.25, 0.3) is 5.78 Å². The number of nitrogen functional groups attached to an aromatic ring is 1. The molecule has 0 aliphatic carbocycles. The van der Waals surface area contributed by atoms with Crippen LogP contribution in [0.4, 0.5) is 11.9 Å². The molecule has 24 heavy (non-hydrogen) atoms. The maximum absolute atomic E-state index is 5.74. The molecule has 0 aliphatic rings. The zero-order valence-corrected chi connectivity index (χ0v) is 15.1. The van der Waals surface area contributed by atoms with Crippen LogP contribution in [0, 0.1) is 20.8 Å². The van der Waals surface area contributed by atoms with Gasteiger partial charge in [0, 0.05) is 25.5 Å². The number of aryl methyl sites for hydroxylation is 2. The first-order valence-electron chi connectivity index (χ1n) is 7.36. The second-order valence-electron chi connectivity index (χ2n) is 5.61. The van der Waals surface area contributed by atoms with E-state index in [2.05, 4.69) is 30.0 Å². The van der Waals surface area contributed by atoms with Crippen molar-refractivity contribution < 1.29 is 0 Å². The lowest BCUT2D eigenvalue weighted by Gasteiger charge is -2.10. The molecule has 0 aliphatic heterocycles. The number of anilines is 2. The van der Waals surface area contributed by atoms with E-state index in [4.69, 9.17) is 5.73 Å². The Kier molecular flexibility index (Phi) is 4.22. The quantitative estimate of drug-likeness (QED) is 0.696. The molecule has 9 nitrogen and oxygen atoms in total. The molecule has 0 amide bonds. The van der Waals surface area contributed by atoms with Crippen LogP contribution >= 0.6 is 11.8 Å². The van der Waals surface area contributed by atoms with Crippen LogP contribution in [0.2, 0.25) is 0 Å². The minimum atomic E-state index is 0.205. The molecule has 3 rings (SSSR count). The van der Waals surface area contributed by atoms with Crippen molar-refractivity contribution in [2.45, 2.75) is 31.7 Å². The number of hydrogen-bond donors (Lipinski definition) is 1. The van der Waals surface area contributed by atoms with E-state index in [1.54, 1.807) is 9.42 Å². The van der Waals surface area contributed by atoms with Gasteiger partial charge in [-0.05, 0) is 26.3 Å². The Bertz CT molecular complexity index is 903. The van der Waals surface area contributed by atoms with Gasteiger partial charge in [-0.15, -0.1) is 5.10 Å². The number of aromatic nitrogens is 7. The summed E-state index contributed by atoms with van der Waals surface area (Å²) in [6.45, 7) is 6.01. The molecular formula is C14H19N9S. The van der Waals surface area contributed by atoms with Crippen molar-refractivity contribution in [3.05, 3.63) is 22.8 Å². The third-order valence-corrected chi connectivity index (χ3v) is 4.49. The fourth-order valence-corrected chi connectivity index (χ4v) is 2.79. The Morgan fingerprint density at radius 2 is 1.79 bits per heavy atom. The second kappa shape index (κ2) is 6.19. The van der Waals surface area contributed by atoms with Gasteiger partial charge >= 0.3 is 0 Å². The molecule has 0 unspecified atom stereocenters. The maximum atomic E-state index is 5.74. The molecule has 3 heterocycles. The minimum absolute atomic E-state index is 0.205. The fourth-order valence-electron chi connectivity index (χ4n) is 2.12. The number of nitrogens with zero attached hydrogens (tertiary/aromatic N) is 8. The summed E-state index contributed by atoms with van der Waals surface area (Å²) in [7, 11) is 3.71. The average Bonchev–Trinajstić information content (AvgIpc) is 2.93. The van der Waals surface area contributed by atoms with E-state index in [9.17, 15) is 0 Å². The van der Waals surface area contributed by atoms with Crippen LogP contribution in [-0.2, 0) is 5.75 Å². The highest BCUT2D eigenvalue weighted by atomic mass is 32.2. The summed E-state index contributed by atoms with van der Waals surface area (Å²) in [5.74, 6) is 2.43. The first-order chi connectivity index (χ1) is 11.3. The van der Waals surface area contributed by atoms with Gasteiger partial charge in [-0.2, -0.15) is 19.9 Å². The molecule has 0 spiro atoms. The van der Waals surface area contributed by atoms with E-state index < -0.39 is 0 Å². The summed E-state index contributed by atoms with van der Waals surface area (Å²) in [6, 6.07) is 0. The lowest BCUT2D eigenvalue weighted by molar-refractivity contribution is 0.831. The van der Waals surface area contributed by atoms with Gasteiger partial charge in [0.15, 0.2) is 0 Å². The number of hydrogen-bond acceptors (Lipinski definition) is 9. The van der Waals surface area contributed by atoms with E-state index in [-0.39, 0.29) is 5.95 Å². The van der Waals surface area contributed by atoms with Gasteiger partial charge in [0.2, 0.25) is 17.1 Å². The van der Waals surface area contributed by atoms with Crippen molar-refractivity contribution in [3.8, 4) is 0 Å². The SMILES string of the molecule is Cc1nc2nc(SCc3nc(N)nc(N(C)C)n3)nn2c(C)c1C. The van der Waals surface area contributed by atoms with Gasteiger partial charge in [-0.25, -0.2) is 9.50 Å². The number of nitrogens with two attached hydrogens (primary N) is 1. The topological polar surface area (TPSA) is 111 Å². The van der Waals surface area contributed by atoms with E-state index in [1.807, 2.05) is 34.9 Å². The molecule has 0 fully saturated rings. The molecule has 10 heteroatoms. The average molecular weight is 345 g/mol. The van der Waals surface area contributed by atoms with Crippen LogP contribution in [0.5, 0.6) is 0 Å². The second-order valence-corrected chi connectivity index (χ2v) is 6.55. The van der Waals surface area contributed by atoms with Crippen LogP contribution in [0.1, 0.15) is 22.8 Å². The number of thioether (sulfide) groups is 1. The van der Waals surface area contributed by atoms with Crippen molar-refractivity contribution in [1.29, 1.82) is 0 Å². The van der Waals surface area contributed by atoms with Crippen molar-refractivity contribution in [2.75, 3.05) is 24.7 Å². The zero-order chi connectivity index (χ0) is 17.4. The van der Waals surface area contributed by atoms with Gasteiger partial charge < -0.3 is 10.6 Å². The van der Waals surface area contributed by atoms with E-state index >= 15 is 0 Å². The molecule has 0 saturated carbocycles. The fraction of sp³-hybridized carbons (Fsp3) is 0.429. The smallest absolute Gasteiger partial charge is 0.253 e. The third kappa shape index (κ3) is 3.09. The Balaban J connectivity index is 1.85. The monoisotopic (exact) mass is 345 g/mol. The van der Waals surface area contributed by atoms with Crippen molar-refractivity contribution in [1.82, 2.24) is 34.5 Å². The normalized spacial score (nSPS) is 11.2. The summed E-state index contributed by atoms with van der Waals surface area (Å²) in [4.78, 5) is 23.3. The van der Waals surface area contributed by atoms with Crippen molar-refractivity contribution >= 4 is 29.4 Å². The first kappa shape index (κ1) is 16.4. The lowest BCUT2D eigenvalue weighted by atomic mass is 10.2. The van der Waals surface area contributed by atoms with E-state index in [1.165, 1.54) is 11.8 Å². The van der Waals surface area contributed by atoms with Crippen LogP contribution in [-0.4, -0.2) is 48.6 Å². The van der Waals surface area contributed by atoms with E-state index in [0.29, 0.717) is 28.5 Å². The molecule has 0 aromatic carbocycles. The Morgan fingerprint density at radius 1 is 1.04 bits per heavy atom. The van der Waals surface area contributed by atoms with Gasteiger partial charge in [0.1, 0.15) is 5.82 Å². The minimum Gasteiger partial charge on any atom is -0.368 e. The molecule has 3 aromatic rings. The van der Waals surface area contributed by atoms with Crippen molar-refractivity contribution in [3.63, 3.8) is 0 Å². The van der Waals surface area contributed by atoms with Gasteiger partial charge in [-0.1, -0.05) is 11.8 Å². The van der Waals surface area contributed by atoms with Gasteiger partial charge in [0.05, 0.1) is 5.75 Å². The third-order valence-electron chi connectivity index (χ3n) is 3.66. The van der Waals surface area contributed by atoms with Crippen LogP contribution in [0.15, 0.2) is 5.16 Å². The van der Waals surface area contributed by atoms with Crippen LogP contribution in [0.3, 0.4) is 0 Å². The first-order valence-corrected chi connectivity index (χ1v) is 8.35. The standard InChI is InChI=1S/C14H19N9S/c1-7-8(2)16-13-20-14(21-23(13)9(7)3)24-6-10-17-11(15)19-12(18-10)22(4)5/h6H2,1-5H3,(H2,15,17,18,19). The predicted octanol–water partition coefficient (Wildman–Crippen LogP) is 1.18. The molecule has 0 saturated heterocycles. The lowest BCUT2D eigenvalue weighted by Crippen LogP contribution is -2.15. The van der Waals surface area contributed by atoms with Crippen LogP contribution in [0.25, 0.3) is 5.78 Å². The summed E-state index contributed by atoms with van der Waals surface area (Å²) in [6.07, 6.45) is 0. The molecule has 3 aromatic heterocycles. The highest BCUT2D eigenvalue weighted by Gasteiger charge is 2.13. The molecule has 2 N–H and O–H groups in total. The molecule has 0 radical (unpaired) electrons. The Morgan fingerprint density at radius 3 is 2.50 bits per heavy atom. The molecule has 0 atom stereocenters. The highest BCUT2D eigenvalue weighted by molar-refractivity contribution is 7.98. The van der Waals surface area contributed by atoms with Gasteiger partial charge in [-0.3, -0.25) is 0 Å². The number of fused-ring (bicyclic) bond motifs is 1.